The van der Waals surface area contributed by atoms with Crippen LogP contribution in [0.1, 0.15) is 25.3 Å². The van der Waals surface area contributed by atoms with E-state index in [1.807, 2.05) is 34.9 Å². The molecule has 2 aliphatic heterocycles. The summed E-state index contributed by atoms with van der Waals surface area (Å²) < 4.78 is 0. The van der Waals surface area contributed by atoms with E-state index < -0.39 is 0 Å². The van der Waals surface area contributed by atoms with Crippen LogP contribution in [-0.2, 0) is 11.2 Å². The number of nitrogens with zero attached hydrogens (tertiary/aromatic N) is 3. The van der Waals surface area contributed by atoms with Gasteiger partial charge in [-0.15, -0.1) is 0 Å². The number of anilines is 1. The van der Waals surface area contributed by atoms with Gasteiger partial charge in [0.25, 0.3) is 0 Å². The predicted octanol–water partition coefficient (Wildman–Crippen LogP) is 0.998. The fraction of sp³-hybridized carbons (Fsp3) is 0.556. The van der Waals surface area contributed by atoms with Gasteiger partial charge in [0.15, 0.2) is 5.96 Å². The van der Waals surface area contributed by atoms with Gasteiger partial charge in [0.1, 0.15) is 6.54 Å². The Kier molecular flexibility index (Phi) is 5.35. The number of aliphatic hydroxyl groups is 1. The van der Waals surface area contributed by atoms with Crippen LogP contribution in [0, 0.1) is 0 Å². The third-order valence-corrected chi connectivity index (χ3v) is 4.57. The van der Waals surface area contributed by atoms with Crippen molar-refractivity contribution in [2.75, 3.05) is 37.6 Å². The fourth-order valence-electron chi connectivity index (χ4n) is 3.38. The average Bonchev–Trinajstić information content (AvgIpc) is 3.04. The number of fused-ring (bicyclic) bond motifs is 1. The number of likely N-dealkylation sites (tertiary alicyclic amines) is 1. The van der Waals surface area contributed by atoms with E-state index in [0.717, 1.165) is 44.6 Å². The summed E-state index contributed by atoms with van der Waals surface area (Å²) in [4.78, 5) is 21.1. The summed E-state index contributed by atoms with van der Waals surface area (Å²) in [7, 11) is 0. The molecular weight excluding hydrogens is 304 g/mol. The van der Waals surface area contributed by atoms with Crippen molar-refractivity contribution >= 4 is 17.6 Å². The number of hydrogen-bond acceptors (Lipinski definition) is 3. The first kappa shape index (κ1) is 16.8. The van der Waals surface area contributed by atoms with Gasteiger partial charge in [0.2, 0.25) is 5.91 Å². The van der Waals surface area contributed by atoms with Crippen LogP contribution in [0.15, 0.2) is 29.3 Å². The minimum atomic E-state index is -0.307. The number of hydrogen-bond donors (Lipinski definition) is 2. The van der Waals surface area contributed by atoms with Crippen LogP contribution in [0.5, 0.6) is 0 Å². The second kappa shape index (κ2) is 7.66. The topological polar surface area (TPSA) is 68.2 Å². The van der Waals surface area contributed by atoms with E-state index in [1.54, 1.807) is 0 Å². The van der Waals surface area contributed by atoms with Crippen LogP contribution >= 0.6 is 0 Å². The molecule has 1 fully saturated rings. The zero-order valence-corrected chi connectivity index (χ0v) is 14.2. The lowest BCUT2D eigenvalue weighted by Gasteiger charge is -2.29. The molecule has 6 nitrogen and oxygen atoms in total. The minimum Gasteiger partial charge on any atom is -0.391 e. The lowest BCUT2D eigenvalue weighted by molar-refractivity contribution is -0.117. The second-order valence-electron chi connectivity index (χ2n) is 6.34. The minimum absolute atomic E-state index is 0.0253. The van der Waals surface area contributed by atoms with E-state index in [4.69, 9.17) is 0 Å². The van der Waals surface area contributed by atoms with Gasteiger partial charge >= 0.3 is 0 Å². The molecule has 1 aromatic carbocycles. The molecule has 0 aliphatic carbocycles. The van der Waals surface area contributed by atoms with Crippen molar-refractivity contribution in [1.29, 1.82) is 0 Å². The number of carbonyl (C=O) groups is 1. The molecule has 0 bridgehead atoms. The summed E-state index contributed by atoms with van der Waals surface area (Å²) in [6.45, 7) is 4.98. The molecule has 1 atom stereocenters. The molecule has 6 heteroatoms. The first-order valence-electron chi connectivity index (χ1n) is 8.78. The Balaban J connectivity index is 1.69. The molecule has 0 spiro atoms. The van der Waals surface area contributed by atoms with E-state index in [0.29, 0.717) is 12.5 Å². The van der Waals surface area contributed by atoms with Crippen LogP contribution < -0.4 is 10.2 Å². The molecule has 2 N–H and O–H groups in total. The number of guanidine groups is 1. The molecule has 1 saturated heterocycles. The third kappa shape index (κ3) is 3.70. The number of amides is 1. The lowest BCUT2D eigenvalue weighted by atomic mass is 10.0. The van der Waals surface area contributed by atoms with Crippen molar-refractivity contribution in [3.8, 4) is 0 Å². The van der Waals surface area contributed by atoms with E-state index in [2.05, 4.69) is 16.4 Å². The van der Waals surface area contributed by atoms with Gasteiger partial charge in [0, 0.05) is 31.9 Å². The highest BCUT2D eigenvalue weighted by Gasteiger charge is 2.25. The zero-order chi connectivity index (χ0) is 16.9. The van der Waals surface area contributed by atoms with Crippen molar-refractivity contribution in [1.82, 2.24) is 10.2 Å². The molecule has 0 aromatic heterocycles. The Labute approximate surface area is 143 Å². The van der Waals surface area contributed by atoms with Crippen LogP contribution in [-0.4, -0.2) is 60.7 Å². The predicted molar refractivity (Wildman–Crippen MR) is 95.3 cm³/mol. The van der Waals surface area contributed by atoms with Crippen molar-refractivity contribution < 1.29 is 9.90 Å². The lowest BCUT2D eigenvalue weighted by Crippen LogP contribution is -2.42. The molecule has 1 amide bonds. The molecule has 0 unspecified atom stereocenters. The first-order valence-corrected chi connectivity index (χ1v) is 8.78. The summed E-state index contributed by atoms with van der Waals surface area (Å²) in [6.07, 6.45) is 2.46. The molecule has 24 heavy (non-hydrogen) atoms. The number of aliphatic hydroxyl groups excluding tert-OH is 1. The Bertz CT molecular complexity index is 617. The summed E-state index contributed by atoms with van der Waals surface area (Å²) in [5, 5.41) is 12.9. The number of carbonyl (C=O) groups excluding carboxylic acids is 1. The summed E-state index contributed by atoms with van der Waals surface area (Å²) in [5.41, 5.74) is 2.25. The molecule has 1 aromatic rings. The monoisotopic (exact) mass is 330 g/mol. The number of benzene rings is 1. The van der Waals surface area contributed by atoms with Gasteiger partial charge in [-0.05, 0) is 37.8 Å². The van der Waals surface area contributed by atoms with Crippen molar-refractivity contribution in [2.45, 2.75) is 32.3 Å². The van der Waals surface area contributed by atoms with Gasteiger partial charge in [-0.3, -0.25) is 4.79 Å². The maximum absolute atomic E-state index is 12.7. The van der Waals surface area contributed by atoms with E-state index in [9.17, 15) is 9.90 Å². The third-order valence-electron chi connectivity index (χ3n) is 4.57. The number of aliphatic imine (C=N–C) groups is 1. The van der Waals surface area contributed by atoms with Gasteiger partial charge in [-0.2, -0.15) is 0 Å². The number of nitrogens with one attached hydrogen (secondary N) is 1. The fourth-order valence-corrected chi connectivity index (χ4v) is 3.38. The van der Waals surface area contributed by atoms with Gasteiger partial charge in [0.05, 0.1) is 6.10 Å². The van der Waals surface area contributed by atoms with Crippen molar-refractivity contribution in [3.63, 3.8) is 0 Å². The highest BCUT2D eigenvalue weighted by molar-refractivity contribution is 5.97. The van der Waals surface area contributed by atoms with E-state index >= 15 is 0 Å². The highest BCUT2D eigenvalue weighted by atomic mass is 16.3. The number of aryl methyl sites for hydroxylation is 1. The molecule has 0 saturated carbocycles. The first-order chi connectivity index (χ1) is 11.7. The quantitative estimate of drug-likeness (QED) is 0.641. The summed E-state index contributed by atoms with van der Waals surface area (Å²) in [6, 6.07) is 8.10. The molecule has 2 heterocycles. The molecule has 2 aliphatic rings. The average molecular weight is 330 g/mol. The Morgan fingerprint density at radius 1 is 1.38 bits per heavy atom. The van der Waals surface area contributed by atoms with Crippen molar-refractivity contribution in [2.24, 2.45) is 4.99 Å². The maximum Gasteiger partial charge on any atom is 0.248 e. The zero-order valence-electron chi connectivity index (χ0n) is 14.2. The van der Waals surface area contributed by atoms with Gasteiger partial charge in [-0.25, -0.2) is 4.99 Å². The Morgan fingerprint density at radius 3 is 2.96 bits per heavy atom. The molecule has 0 radical (unpaired) electrons. The highest BCUT2D eigenvalue weighted by Crippen LogP contribution is 2.26. The smallest absolute Gasteiger partial charge is 0.248 e. The molecule has 130 valence electrons. The van der Waals surface area contributed by atoms with Crippen LogP contribution in [0.3, 0.4) is 0 Å². The maximum atomic E-state index is 12.7. The SMILES string of the molecule is CCNC(=NCC(=O)N1CCCc2ccccc21)N1CC[C@@H](O)C1. The van der Waals surface area contributed by atoms with Crippen LogP contribution in [0.4, 0.5) is 5.69 Å². The van der Waals surface area contributed by atoms with Gasteiger partial charge < -0.3 is 20.2 Å². The second-order valence-corrected chi connectivity index (χ2v) is 6.34. The summed E-state index contributed by atoms with van der Waals surface area (Å²) in [5.74, 6) is 0.741. The molecular formula is C18H26N4O2. The van der Waals surface area contributed by atoms with Crippen molar-refractivity contribution in [3.05, 3.63) is 29.8 Å². The Morgan fingerprint density at radius 2 is 2.21 bits per heavy atom. The van der Waals surface area contributed by atoms with Gasteiger partial charge in [-0.1, -0.05) is 18.2 Å². The normalized spacial score (nSPS) is 20.9. The Hall–Kier alpha value is -2.08. The number of para-hydroxylation sites is 1. The molecule has 3 rings (SSSR count). The van der Waals surface area contributed by atoms with E-state index in [-0.39, 0.29) is 18.6 Å². The number of rotatable bonds is 3. The largest absolute Gasteiger partial charge is 0.391 e. The summed E-state index contributed by atoms with van der Waals surface area (Å²) >= 11 is 0. The van der Waals surface area contributed by atoms with Crippen LogP contribution in [0.2, 0.25) is 0 Å². The standard InChI is InChI=1S/C18H26N4O2/c1-2-19-18(21-11-9-15(23)13-21)20-12-17(24)22-10-5-7-14-6-3-4-8-16(14)22/h3-4,6,8,15,23H,2,5,7,9-13H2,1H3,(H,19,20)/t15-/m1/s1. The number of β-amino-alcohol motifs (C(OH)–C–C–N with tert-alkyl or cyclic N) is 1. The van der Waals surface area contributed by atoms with E-state index in [1.165, 1.54) is 5.56 Å². The van der Waals surface area contributed by atoms with Crippen LogP contribution in [0.25, 0.3) is 0 Å².